The lowest BCUT2D eigenvalue weighted by atomic mass is 9.86. The second-order valence-corrected chi connectivity index (χ2v) is 7.77. The van der Waals surface area contributed by atoms with Crippen LogP contribution >= 0.6 is 11.8 Å². The van der Waals surface area contributed by atoms with Crippen LogP contribution in [0.4, 0.5) is 4.39 Å². The lowest BCUT2D eigenvalue weighted by molar-refractivity contribution is -0.119. The molecule has 0 radical (unpaired) electrons. The van der Waals surface area contributed by atoms with E-state index in [4.69, 9.17) is 9.15 Å². The number of carbonyl (C=O) groups excluding carboxylic acids is 1. The Labute approximate surface area is 162 Å². The number of rotatable bonds is 7. The molecule has 3 atom stereocenters. The van der Waals surface area contributed by atoms with Gasteiger partial charge in [0.05, 0.1) is 5.75 Å². The van der Waals surface area contributed by atoms with E-state index < -0.39 is 6.10 Å². The summed E-state index contributed by atoms with van der Waals surface area (Å²) in [6.45, 7) is 3.95. The fourth-order valence-electron chi connectivity index (χ4n) is 3.12. The van der Waals surface area contributed by atoms with Gasteiger partial charge in [-0.15, -0.1) is 10.2 Å². The number of carbonyl (C=O) groups is 1. The summed E-state index contributed by atoms with van der Waals surface area (Å²) >= 11 is 1.21. The second-order valence-electron chi connectivity index (χ2n) is 6.84. The maximum atomic E-state index is 12.9. The second kappa shape index (κ2) is 9.21. The largest absolute Gasteiger partial charge is 0.481 e. The molecule has 0 unspecified atom stereocenters. The highest BCUT2D eigenvalue weighted by molar-refractivity contribution is 7.99. The molecule has 0 spiro atoms. The van der Waals surface area contributed by atoms with E-state index in [1.54, 1.807) is 6.92 Å². The van der Waals surface area contributed by atoms with Crippen molar-refractivity contribution in [3.63, 3.8) is 0 Å². The van der Waals surface area contributed by atoms with Crippen molar-refractivity contribution in [3.05, 3.63) is 36.0 Å². The van der Waals surface area contributed by atoms with Crippen LogP contribution in [0, 0.1) is 11.7 Å². The highest BCUT2D eigenvalue weighted by Gasteiger charge is 2.23. The molecule has 0 aliphatic heterocycles. The topological polar surface area (TPSA) is 77.2 Å². The van der Waals surface area contributed by atoms with Gasteiger partial charge in [-0.05, 0) is 49.9 Å². The fourth-order valence-corrected chi connectivity index (χ4v) is 3.70. The maximum Gasteiger partial charge on any atom is 0.277 e. The van der Waals surface area contributed by atoms with Crippen LogP contribution in [0.3, 0.4) is 0 Å². The monoisotopic (exact) mass is 393 g/mol. The molecule has 1 aromatic carbocycles. The number of aromatic nitrogens is 2. The molecule has 0 bridgehead atoms. The van der Waals surface area contributed by atoms with E-state index in [2.05, 4.69) is 22.4 Å². The number of halogens is 1. The standard InChI is InChI=1S/C19H24FN3O3S/c1-12-5-3-4-6-16(12)21-17(24)11-27-19-23-22-18(26-19)13(2)25-15-9-7-14(20)8-10-15/h7-10,12-13,16H,3-6,11H2,1-2H3,(H,21,24)/t12-,13+,16-/m0/s1. The zero-order valence-electron chi connectivity index (χ0n) is 15.5. The molecule has 1 aromatic heterocycles. The lowest BCUT2D eigenvalue weighted by Gasteiger charge is -2.29. The Morgan fingerprint density at radius 3 is 2.81 bits per heavy atom. The van der Waals surface area contributed by atoms with Crippen molar-refractivity contribution in [1.82, 2.24) is 15.5 Å². The molecule has 1 fully saturated rings. The normalized spacial score (nSPS) is 20.9. The Morgan fingerprint density at radius 2 is 2.07 bits per heavy atom. The zero-order valence-corrected chi connectivity index (χ0v) is 16.3. The summed E-state index contributed by atoms with van der Waals surface area (Å²) in [7, 11) is 0. The molecule has 0 saturated heterocycles. The van der Waals surface area contributed by atoms with Gasteiger partial charge in [0.2, 0.25) is 5.91 Å². The van der Waals surface area contributed by atoms with Crippen LogP contribution in [0.15, 0.2) is 33.9 Å². The molecule has 1 N–H and O–H groups in total. The summed E-state index contributed by atoms with van der Waals surface area (Å²) < 4.78 is 24.2. The minimum Gasteiger partial charge on any atom is -0.481 e. The number of amides is 1. The Balaban J connectivity index is 1.47. The third kappa shape index (κ3) is 5.69. The number of ether oxygens (including phenoxy) is 1. The molecule has 27 heavy (non-hydrogen) atoms. The van der Waals surface area contributed by atoms with E-state index in [1.807, 2.05) is 0 Å². The maximum absolute atomic E-state index is 12.9. The van der Waals surface area contributed by atoms with E-state index in [0.717, 1.165) is 12.8 Å². The summed E-state index contributed by atoms with van der Waals surface area (Å²) in [5.74, 6) is 1.23. The highest BCUT2D eigenvalue weighted by atomic mass is 32.2. The predicted molar refractivity (Wildman–Crippen MR) is 100 cm³/mol. The van der Waals surface area contributed by atoms with Gasteiger partial charge in [-0.1, -0.05) is 31.5 Å². The van der Waals surface area contributed by atoms with Crippen LogP contribution in [0.5, 0.6) is 5.75 Å². The van der Waals surface area contributed by atoms with Gasteiger partial charge < -0.3 is 14.5 Å². The molecule has 1 aliphatic carbocycles. The van der Waals surface area contributed by atoms with Crippen molar-refractivity contribution in [3.8, 4) is 5.75 Å². The van der Waals surface area contributed by atoms with Gasteiger partial charge in [-0.2, -0.15) is 0 Å². The highest BCUT2D eigenvalue weighted by Crippen LogP contribution is 2.25. The van der Waals surface area contributed by atoms with Crippen molar-refractivity contribution >= 4 is 17.7 Å². The van der Waals surface area contributed by atoms with E-state index >= 15 is 0 Å². The van der Waals surface area contributed by atoms with Crippen molar-refractivity contribution in [2.45, 2.75) is 56.9 Å². The van der Waals surface area contributed by atoms with Gasteiger partial charge in [0.15, 0.2) is 6.10 Å². The van der Waals surface area contributed by atoms with Crippen molar-refractivity contribution < 1.29 is 18.3 Å². The lowest BCUT2D eigenvalue weighted by Crippen LogP contribution is -2.41. The molecule has 1 amide bonds. The van der Waals surface area contributed by atoms with Gasteiger partial charge in [0.25, 0.3) is 11.1 Å². The van der Waals surface area contributed by atoms with E-state index in [-0.39, 0.29) is 23.5 Å². The molecule has 1 saturated carbocycles. The Hall–Kier alpha value is -2.09. The quantitative estimate of drug-likeness (QED) is 0.713. The van der Waals surface area contributed by atoms with Crippen molar-refractivity contribution in [2.75, 3.05) is 5.75 Å². The van der Waals surface area contributed by atoms with Crippen molar-refractivity contribution in [2.24, 2.45) is 5.92 Å². The molecule has 146 valence electrons. The van der Waals surface area contributed by atoms with Gasteiger partial charge in [0, 0.05) is 6.04 Å². The summed E-state index contributed by atoms with van der Waals surface area (Å²) in [6.07, 6.45) is 4.14. The molecule has 1 heterocycles. The van der Waals surface area contributed by atoms with Crippen LogP contribution in [0.2, 0.25) is 0 Å². The summed E-state index contributed by atoms with van der Waals surface area (Å²) in [4.78, 5) is 12.2. The predicted octanol–water partition coefficient (Wildman–Crippen LogP) is 4.14. The molecule has 2 aromatic rings. The molecule has 8 heteroatoms. The van der Waals surface area contributed by atoms with Gasteiger partial charge >= 0.3 is 0 Å². The number of nitrogens with one attached hydrogen (secondary N) is 1. The molecular formula is C19H24FN3O3S. The molecule has 6 nitrogen and oxygen atoms in total. The van der Waals surface area contributed by atoms with E-state index in [1.165, 1.54) is 48.9 Å². The minimum atomic E-state index is -0.478. The fraction of sp³-hybridized carbons (Fsp3) is 0.526. The third-order valence-corrected chi connectivity index (χ3v) is 5.50. The average molecular weight is 393 g/mol. The van der Waals surface area contributed by atoms with Crippen LogP contribution in [-0.2, 0) is 4.79 Å². The first kappa shape index (κ1) is 19.7. The van der Waals surface area contributed by atoms with Crippen LogP contribution < -0.4 is 10.1 Å². The van der Waals surface area contributed by atoms with Gasteiger partial charge in [-0.3, -0.25) is 4.79 Å². The summed E-state index contributed by atoms with van der Waals surface area (Å²) in [6, 6.07) is 5.98. The Morgan fingerprint density at radius 1 is 1.33 bits per heavy atom. The summed E-state index contributed by atoms with van der Waals surface area (Å²) in [5.41, 5.74) is 0. The zero-order chi connectivity index (χ0) is 19.2. The SMILES string of the molecule is C[C@@H](Oc1ccc(F)cc1)c1nnc(SCC(=O)N[C@H]2CCCC[C@@H]2C)o1. The van der Waals surface area contributed by atoms with Gasteiger partial charge in [-0.25, -0.2) is 4.39 Å². The number of nitrogens with zero attached hydrogens (tertiary/aromatic N) is 2. The smallest absolute Gasteiger partial charge is 0.277 e. The average Bonchev–Trinajstić information content (AvgIpc) is 3.13. The minimum absolute atomic E-state index is 0.0193. The van der Waals surface area contributed by atoms with Crippen LogP contribution in [0.25, 0.3) is 0 Å². The van der Waals surface area contributed by atoms with Crippen LogP contribution in [-0.4, -0.2) is 27.9 Å². The first-order valence-electron chi connectivity index (χ1n) is 9.19. The number of hydrogen-bond donors (Lipinski definition) is 1. The number of thioether (sulfide) groups is 1. The Bertz CT molecular complexity index is 753. The molecule has 3 rings (SSSR count). The van der Waals surface area contributed by atoms with Crippen molar-refractivity contribution in [1.29, 1.82) is 0 Å². The molecule has 1 aliphatic rings. The number of hydrogen-bond acceptors (Lipinski definition) is 6. The first-order chi connectivity index (χ1) is 13.0. The van der Waals surface area contributed by atoms with Gasteiger partial charge in [0.1, 0.15) is 11.6 Å². The number of benzene rings is 1. The summed E-state index contributed by atoms with van der Waals surface area (Å²) in [5, 5.41) is 11.3. The molecular weight excluding hydrogens is 369 g/mol. The van der Waals surface area contributed by atoms with Crippen LogP contribution in [0.1, 0.15) is 51.5 Å². The van der Waals surface area contributed by atoms with E-state index in [0.29, 0.717) is 22.8 Å². The first-order valence-corrected chi connectivity index (χ1v) is 10.2. The third-order valence-electron chi connectivity index (χ3n) is 4.68. The Kier molecular flexibility index (Phi) is 6.71. The van der Waals surface area contributed by atoms with E-state index in [9.17, 15) is 9.18 Å².